The molecule has 1 amide bonds. The second kappa shape index (κ2) is 5.83. The van der Waals surface area contributed by atoms with Gasteiger partial charge in [0.05, 0.1) is 6.04 Å². The molecule has 0 bridgehead atoms. The van der Waals surface area contributed by atoms with E-state index in [0.717, 1.165) is 25.8 Å². The molecule has 2 rings (SSSR count). The smallest absolute Gasteiger partial charge is 0.237 e. The van der Waals surface area contributed by atoms with E-state index in [-0.39, 0.29) is 11.9 Å². The van der Waals surface area contributed by atoms with Crippen molar-refractivity contribution in [2.45, 2.75) is 63.6 Å². The zero-order valence-electron chi connectivity index (χ0n) is 10.7. The lowest BCUT2D eigenvalue weighted by molar-refractivity contribution is -0.123. The Kier molecular flexibility index (Phi) is 4.40. The Hall–Kier alpha value is -0.610. The molecule has 0 aromatic rings. The van der Waals surface area contributed by atoms with Crippen molar-refractivity contribution in [3.8, 4) is 0 Å². The van der Waals surface area contributed by atoms with Crippen molar-refractivity contribution in [3.05, 3.63) is 0 Å². The first kappa shape index (κ1) is 12.8. The van der Waals surface area contributed by atoms with Gasteiger partial charge in [-0.05, 0) is 45.1 Å². The van der Waals surface area contributed by atoms with Crippen LogP contribution in [0.1, 0.15) is 45.4 Å². The topological polar surface area (TPSA) is 67.1 Å². The van der Waals surface area contributed by atoms with Crippen molar-refractivity contribution in [2.24, 2.45) is 11.7 Å². The minimum atomic E-state index is -0.0900. The standard InChI is InChI=1S/C13H25N3O/c1-9(13(17)16-11-6-7-11)15-12-5-3-2-4-10(12)8-14/h9-12,15H,2-8,14H2,1H3,(H,16,17). The van der Waals surface area contributed by atoms with E-state index in [4.69, 9.17) is 5.73 Å². The van der Waals surface area contributed by atoms with Crippen molar-refractivity contribution >= 4 is 5.91 Å². The molecule has 0 spiro atoms. The number of amides is 1. The SMILES string of the molecule is CC(NC1CCCCC1CN)C(=O)NC1CC1. The number of carbonyl (C=O) groups is 1. The highest BCUT2D eigenvalue weighted by molar-refractivity contribution is 5.81. The van der Waals surface area contributed by atoms with Gasteiger partial charge in [-0.1, -0.05) is 12.8 Å². The van der Waals surface area contributed by atoms with Gasteiger partial charge in [0.15, 0.2) is 0 Å². The molecule has 98 valence electrons. The van der Waals surface area contributed by atoms with Crippen molar-refractivity contribution < 1.29 is 4.79 Å². The van der Waals surface area contributed by atoms with E-state index >= 15 is 0 Å². The summed E-state index contributed by atoms with van der Waals surface area (Å²) in [5.74, 6) is 0.689. The van der Waals surface area contributed by atoms with E-state index in [9.17, 15) is 4.79 Å². The fourth-order valence-corrected chi connectivity index (χ4v) is 2.66. The van der Waals surface area contributed by atoms with Crippen LogP contribution in [0.4, 0.5) is 0 Å². The van der Waals surface area contributed by atoms with E-state index in [0.29, 0.717) is 18.0 Å². The summed E-state index contributed by atoms with van der Waals surface area (Å²) in [6.07, 6.45) is 7.18. The average molecular weight is 239 g/mol. The summed E-state index contributed by atoms with van der Waals surface area (Å²) in [7, 11) is 0. The van der Waals surface area contributed by atoms with Gasteiger partial charge in [-0.2, -0.15) is 0 Å². The fraction of sp³-hybridized carbons (Fsp3) is 0.923. The zero-order chi connectivity index (χ0) is 12.3. The van der Waals surface area contributed by atoms with Crippen LogP contribution in [-0.2, 0) is 4.79 Å². The molecule has 2 fully saturated rings. The Bertz CT molecular complexity index is 265. The van der Waals surface area contributed by atoms with Gasteiger partial charge in [0, 0.05) is 12.1 Å². The van der Waals surface area contributed by atoms with Crippen LogP contribution in [0.2, 0.25) is 0 Å². The molecule has 0 aliphatic heterocycles. The molecular formula is C13H25N3O. The lowest BCUT2D eigenvalue weighted by Crippen LogP contribution is -2.51. The van der Waals surface area contributed by atoms with Crippen LogP contribution in [0.15, 0.2) is 0 Å². The second-order valence-corrected chi connectivity index (χ2v) is 5.56. The summed E-state index contributed by atoms with van der Waals surface area (Å²) >= 11 is 0. The third-order valence-corrected chi connectivity index (χ3v) is 3.99. The molecule has 2 aliphatic rings. The van der Waals surface area contributed by atoms with E-state index in [2.05, 4.69) is 10.6 Å². The van der Waals surface area contributed by atoms with Gasteiger partial charge in [0.1, 0.15) is 0 Å². The first-order chi connectivity index (χ1) is 8.20. The van der Waals surface area contributed by atoms with Crippen molar-refractivity contribution in [1.82, 2.24) is 10.6 Å². The number of nitrogens with one attached hydrogen (secondary N) is 2. The highest BCUT2D eigenvalue weighted by Crippen LogP contribution is 2.24. The Morgan fingerprint density at radius 1 is 1.29 bits per heavy atom. The summed E-state index contributed by atoms with van der Waals surface area (Å²) in [6.45, 7) is 2.69. The molecular weight excluding hydrogens is 214 g/mol. The average Bonchev–Trinajstić information content (AvgIpc) is 3.13. The van der Waals surface area contributed by atoms with Crippen molar-refractivity contribution in [1.29, 1.82) is 0 Å². The first-order valence-electron chi connectivity index (χ1n) is 6.97. The number of carbonyl (C=O) groups excluding carboxylic acids is 1. The van der Waals surface area contributed by atoms with Gasteiger partial charge in [-0.15, -0.1) is 0 Å². The van der Waals surface area contributed by atoms with Gasteiger partial charge >= 0.3 is 0 Å². The molecule has 0 aromatic heterocycles. The maximum absolute atomic E-state index is 11.9. The molecule has 2 saturated carbocycles. The molecule has 0 aromatic carbocycles. The van der Waals surface area contributed by atoms with E-state index in [1.807, 2.05) is 6.92 Å². The van der Waals surface area contributed by atoms with E-state index < -0.39 is 0 Å². The Balaban J connectivity index is 1.78. The first-order valence-corrected chi connectivity index (χ1v) is 6.97. The van der Waals surface area contributed by atoms with Gasteiger partial charge in [-0.3, -0.25) is 4.79 Å². The molecule has 0 heterocycles. The van der Waals surface area contributed by atoms with Crippen molar-refractivity contribution in [2.75, 3.05) is 6.54 Å². The predicted molar refractivity (Wildman–Crippen MR) is 68.6 cm³/mol. The number of rotatable bonds is 5. The van der Waals surface area contributed by atoms with Crippen LogP contribution in [-0.4, -0.2) is 30.6 Å². The second-order valence-electron chi connectivity index (χ2n) is 5.56. The third kappa shape index (κ3) is 3.68. The van der Waals surface area contributed by atoms with Gasteiger partial charge in [0.25, 0.3) is 0 Å². The summed E-state index contributed by atoms with van der Waals surface area (Å²) in [5.41, 5.74) is 5.80. The largest absolute Gasteiger partial charge is 0.352 e. The Labute approximate surface area is 104 Å². The number of hydrogen-bond acceptors (Lipinski definition) is 3. The number of hydrogen-bond donors (Lipinski definition) is 3. The lowest BCUT2D eigenvalue weighted by atomic mass is 9.84. The highest BCUT2D eigenvalue weighted by Gasteiger charge is 2.29. The quantitative estimate of drug-likeness (QED) is 0.663. The van der Waals surface area contributed by atoms with Gasteiger partial charge in [0.2, 0.25) is 5.91 Å². The van der Waals surface area contributed by atoms with E-state index in [1.54, 1.807) is 0 Å². The van der Waals surface area contributed by atoms with Crippen LogP contribution < -0.4 is 16.4 Å². The summed E-state index contributed by atoms with van der Waals surface area (Å²) in [6, 6.07) is 0.782. The summed E-state index contributed by atoms with van der Waals surface area (Å²) in [5, 5.41) is 6.50. The number of nitrogens with two attached hydrogens (primary N) is 1. The van der Waals surface area contributed by atoms with Crippen molar-refractivity contribution in [3.63, 3.8) is 0 Å². The fourth-order valence-electron chi connectivity index (χ4n) is 2.66. The lowest BCUT2D eigenvalue weighted by Gasteiger charge is -2.33. The van der Waals surface area contributed by atoms with Gasteiger partial charge < -0.3 is 16.4 Å². The van der Waals surface area contributed by atoms with Crippen LogP contribution in [0.3, 0.4) is 0 Å². The third-order valence-electron chi connectivity index (χ3n) is 3.99. The van der Waals surface area contributed by atoms with Crippen LogP contribution in [0.25, 0.3) is 0 Å². The molecule has 4 N–H and O–H groups in total. The minimum absolute atomic E-state index is 0.0900. The monoisotopic (exact) mass is 239 g/mol. The predicted octanol–water partition coefficient (Wildman–Crippen LogP) is 0.761. The van der Waals surface area contributed by atoms with Crippen LogP contribution in [0, 0.1) is 5.92 Å². The summed E-state index contributed by atoms with van der Waals surface area (Å²) < 4.78 is 0. The highest BCUT2D eigenvalue weighted by atomic mass is 16.2. The van der Waals surface area contributed by atoms with Crippen LogP contribution in [0.5, 0.6) is 0 Å². The zero-order valence-corrected chi connectivity index (χ0v) is 10.7. The Morgan fingerprint density at radius 3 is 2.65 bits per heavy atom. The Morgan fingerprint density at radius 2 is 2.00 bits per heavy atom. The molecule has 4 heteroatoms. The molecule has 3 unspecified atom stereocenters. The minimum Gasteiger partial charge on any atom is -0.352 e. The maximum atomic E-state index is 11.9. The van der Waals surface area contributed by atoms with E-state index in [1.165, 1.54) is 19.3 Å². The molecule has 0 saturated heterocycles. The summed E-state index contributed by atoms with van der Waals surface area (Å²) in [4.78, 5) is 11.9. The molecule has 3 atom stereocenters. The molecule has 2 aliphatic carbocycles. The normalized spacial score (nSPS) is 30.9. The van der Waals surface area contributed by atoms with Gasteiger partial charge in [-0.25, -0.2) is 0 Å². The molecule has 0 radical (unpaired) electrons. The maximum Gasteiger partial charge on any atom is 0.237 e. The molecule has 4 nitrogen and oxygen atoms in total. The van der Waals surface area contributed by atoms with Crippen LogP contribution >= 0.6 is 0 Å². The molecule has 17 heavy (non-hydrogen) atoms.